The van der Waals surface area contributed by atoms with E-state index in [4.69, 9.17) is 4.74 Å². The van der Waals surface area contributed by atoms with E-state index in [9.17, 15) is 15.2 Å². The number of carbonyl (C=O) groups is 1. The van der Waals surface area contributed by atoms with Crippen LogP contribution in [0, 0.1) is 17.2 Å². The second-order valence-electron chi connectivity index (χ2n) is 6.74. The van der Waals surface area contributed by atoms with Crippen molar-refractivity contribution in [3.05, 3.63) is 35.8 Å². The summed E-state index contributed by atoms with van der Waals surface area (Å²) in [5, 5.41) is 20.3. The zero-order valence-electron chi connectivity index (χ0n) is 15.7. The predicted molar refractivity (Wildman–Crippen MR) is 102 cm³/mol. The van der Waals surface area contributed by atoms with Crippen LogP contribution in [-0.4, -0.2) is 51.8 Å². The smallest absolute Gasteiger partial charge is 0.310 e. The quantitative estimate of drug-likeness (QED) is 0.496. The van der Waals surface area contributed by atoms with Gasteiger partial charge in [-0.2, -0.15) is 5.26 Å². The Kier molecular flexibility index (Phi) is 5.77. The number of nitriles is 1. The van der Waals surface area contributed by atoms with Crippen molar-refractivity contribution < 1.29 is 14.6 Å². The minimum atomic E-state index is -0.193. The molecule has 1 aromatic heterocycles. The molecule has 1 aromatic carbocycles. The summed E-state index contributed by atoms with van der Waals surface area (Å²) in [5.74, 6) is 0.0323. The molecule has 1 aliphatic heterocycles. The van der Waals surface area contributed by atoms with Crippen LogP contribution in [0.15, 0.2) is 30.0 Å². The van der Waals surface area contributed by atoms with E-state index in [-0.39, 0.29) is 29.8 Å². The fourth-order valence-electron chi connectivity index (χ4n) is 3.56. The summed E-state index contributed by atoms with van der Waals surface area (Å²) >= 11 is 0. The number of benzene rings is 1. The maximum absolute atomic E-state index is 12.0. The zero-order chi connectivity index (χ0) is 19.4. The van der Waals surface area contributed by atoms with E-state index in [1.165, 1.54) is 0 Å². The van der Waals surface area contributed by atoms with Crippen LogP contribution in [0.5, 0.6) is 0 Å². The van der Waals surface area contributed by atoms with Gasteiger partial charge in [-0.15, -0.1) is 0 Å². The Hall–Kier alpha value is -2.85. The number of piperidine rings is 1. The minimum absolute atomic E-state index is 0.0274. The lowest BCUT2D eigenvalue weighted by Gasteiger charge is -2.31. The SMILES string of the molecule is CCOC(=O)[C@H]1CCCN(C/C(O)=C(\C#N)c2nc3ccccc3n2C)C1. The number of imidazole rings is 1. The molecule has 0 amide bonds. The third-order valence-corrected chi connectivity index (χ3v) is 4.91. The van der Waals surface area contributed by atoms with Crippen molar-refractivity contribution in [1.82, 2.24) is 14.5 Å². The third kappa shape index (κ3) is 3.96. The molecule has 1 N–H and O–H groups in total. The molecule has 142 valence electrons. The van der Waals surface area contributed by atoms with Gasteiger partial charge in [0, 0.05) is 13.6 Å². The highest BCUT2D eigenvalue weighted by Gasteiger charge is 2.28. The average molecular weight is 368 g/mol. The van der Waals surface area contributed by atoms with Gasteiger partial charge in [0.05, 0.1) is 30.1 Å². The Bertz CT molecular complexity index is 910. The Labute approximate surface area is 158 Å². The summed E-state index contributed by atoms with van der Waals surface area (Å²) in [7, 11) is 1.83. The largest absolute Gasteiger partial charge is 0.509 e. The van der Waals surface area contributed by atoms with Gasteiger partial charge >= 0.3 is 5.97 Å². The lowest BCUT2D eigenvalue weighted by Crippen LogP contribution is -2.40. The number of hydrogen-bond acceptors (Lipinski definition) is 6. The number of esters is 1. The van der Waals surface area contributed by atoms with Crippen molar-refractivity contribution in [2.24, 2.45) is 13.0 Å². The van der Waals surface area contributed by atoms with Crippen LogP contribution < -0.4 is 0 Å². The Morgan fingerprint density at radius 2 is 2.22 bits per heavy atom. The van der Waals surface area contributed by atoms with Crippen molar-refractivity contribution in [3.8, 4) is 6.07 Å². The molecule has 0 aliphatic carbocycles. The number of ether oxygens (including phenoxy) is 1. The molecule has 2 aromatic rings. The molecule has 0 unspecified atom stereocenters. The molecule has 27 heavy (non-hydrogen) atoms. The van der Waals surface area contributed by atoms with Gasteiger partial charge < -0.3 is 14.4 Å². The minimum Gasteiger partial charge on any atom is -0.509 e. The number of para-hydroxylation sites is 2. The number of aryl methyl sites for hydroxylation is 1. The lowest BCUT2D eigenvalue weighted by molar-refractivity contribution is -0.149. The monoisotopic (exact) mass is 368 g/mol. The van der Waals surface area contributed by atoms with Crippen LogP contribution in [0.25, 0.3) is 16.6 Å². The predicted octanol–water partition coefficient (Wildman–Crippen LogP) is 2.64. The number of likely N-dealkylation sites (tertiary alicyclic amines) is 1. The summed E-state index contributed by atoms with van der Waals surface area (Å²) in [6.45, 7) is 3.65. The van der Waals surface area contributed by atoms with Crippen molar-refractivity contribution in [2.75, 3.05) is 26.2 Å². The maximum atomic E-state index is 12.0. The van der Waals surface area contributed by atoms with Gasteiger partial charge in [0.1, 0.15) is 17.4 Å². The summed E-state index contributed by atoms with van der Waals surface area (Å²) in [6, 6.07) is 9.69. The fraction of sp³-hybridized carbons (Fsp3) is 0.450. The van der Waals surface area contributed by atoms with Crippen LogP contribution in [0.2, 0.25) is 0 Å². The first-order chi connectivity index (χ1) is 13.0. The number of allylic oxidation sites excluding steroid dienone is 1. The molecule has 0 saturated carbocycles. The first kappa shape index (κ1) is 18.9. The molecule has 1 atom stereocenters. The molecule has 1 saturated heterocycles. The van der Waals surface area contributed by atoms with Gasteiger partial charge in [0.25, 0.3) is 0 Å². The maximum Gasteiger partial charge on any atom is 0.310 e. The number of rotatable bonds is 5. The van der Waals surface area contributed by atoms with Gasteiger partial charge in [0.2, 0.25) is 0 Å². The van der Waals surface area contributed by atoms with Gasteiger partial charge in [-0.1, -0.05) is 12.1 Å². The Morgan fingerprint density at radius 1 is 1.44 bits per heavy atom. The highest BCUT2D eigenvalue weighted by atomic mass is 16.5. The van der Waals surface area contributed by atoms with Gasteiger partial charge in [-0.3, -0.25) is 9.69 Å². The zero-order valence-corrected chi connectivity index (χ0v) is 15.7. The summed E-state index contributed by atoms with van der Waals surface area (Å²) in [6.07, 6.45) is 1.64. The van der Waals surface area contributed by atoms with Crippen LogP contribution >= 0.6 is 0 Å². The van der Waals surface area contributed by atoms with E-state index in [2.05, 4.69) is 11.1 Å². The molecule has 3 rings (SSSR count). The topological polar surface area (TPSA) is 91.4 Å². The molecule has 7 nitrogen and oxygen atoms in total. The molecule has 0 bridgehead atoms. The molecule has 0 spiro atoms. The van der Waals surface area contributed by atoms with E-state index >= 15 is 0 Å². The highest BCUT2D eigenvalue weighted by Crippen LogP contribution is 2.24. The van der Waals surface area contributed by atoms with Crippen LogP contribution in [0.1, 0.15) is 25.6 Å². The molecule has 2 heterocycles. The Balaban J connectivity index is 1.82. The number of aliphatic hydroxyl groups is 1. The van der Waals surface area contributed by atoms with E-state index in [0.717, 1.165) is 30.4 Å². The second kappa shape index (κ2) is 8.23. The number of fused-ring (bicyclic) bond motifs is 1. The van der Waals surface area contributed by atoms with Crippen LogP contribution in [-0.2, 0) is 16.6 Å². The first-order valence-corrected chi connectivity index (χ1v) is 9.18. The average Bonchev–Trinajstić information content (AvgIpc) is 3.00. The Morgan fingerprint density at radius 3 is 2.93 bits per heavy atom. The second-order valence-corrected chi connectivity index (χ2v) is 6.74. The molecule has 1 aliphatic rings. The van der Waals surface area contributed by atoms with Gasteiger partial charge in [-0.25, -0.2) is 4.98 Å². The molecule has 0 radical (unpaired) electrons. The molecule has 1 fully saturated rings. The molecular weight excluding hydrogens is 344 g/mol. The van der Waals surface area contributed by atoms with Gasteiger partial charge in [-0.05, 0) is 38.4 Å². The van der Waals surface area contributed by atoms with E-state index in [1.54, 1.807) is 6.92 Å². The van der Waals surface area contributed by atoms with Crippen molar-refractivity contribution in [1.29, 1.82) is 5.26 Å². The molecule has 7 heteroatoms. The normalized spacial score (nSPS) is 18.8. The summed E-state index contributed by atoms with van der Waals surface area (Å²) in [5.41, 5.74) is 1.83. The first-order valence-electron chi connectivity index (χ1n) is 9.18. The summed E-state index contributed by atoms with van der Waals surface area (Å²) < 4.78 is 6.92. The number of hydrogen-bond donors (Lipinski definition) is 1. The standard InChI is InChI=1S/C20H24N4O3/c1-3-27-20(26)14-7-6-10-24(12-14)13-18(25)15(11-21)19-22-16-8-4-5-9-17(16)23(19)2/h4-5,8-9,14,25H,3,6-7,10,12-13H2,1-2H3/b18-15-/t14-/m0/s1. The third-order valence-electron chi connectivity index (χ3n) is 4.91. The number of aromatic nitrogens is 2. The number of aliphatic hydroxyl groups excluding tert-OH is 1. The van der Waals surface area contributed by atoms with Crippen LogP contribution in [0.3, 0.4) is 0 Å². The lowest BCUT2D eigenvalue weighted by atomic mass is 9.98. The number of nitrogens with zero attached hydrogens (tertiary/aromatic N) is 4. The summed E-state index contributed by atoms with van der Waals surface area (Å²) in [4.78, 5) is 18.5. The fourth-order valence-corrected chi connectivity index (χ4v) is 3.56. The van der Waals surface area contributed by atoms with E-state index in [0.29, 0.717) is 19.0 Å². The van der Waals surface area contributed by atoms with Crippen LogP contribution in [0.4, 0.5) is 0 Å². The van der Waals surface area contributed by atoms with E-state index in [1.807, 2.05) is 40.8 Å². The molecular formula is C20H24N4O3. The van der Waals surface area contributed by atoms with E-state index < -0.39 is 0 Å². The van der Waals surface area contributed by atoms with Crippen molar-refractivity contribution in [3.63, 3.8) is 0 Å². The van der Waals surface area contributed by atoms with Gasteiger partial charge in [0.15, 0.2) is 5.82 Å². The van der Waals surface area contributed by atoms with Crippen molar-refractivity contribution >= 4 is 22.6 Å². The highest BCUT2D eigenvalue weighted by molar-refractivity contribution is 5.83. The number of carbonyl (C=O) groups excluding carboxylic acids is 1. The van der Waals surface area contributed by atoms with Crippen molar-refractivity contribution in [2.45, 2.75) is 19.8 Å².